The van der Waals surface area contributed by atoms with Crippen LogP contribution >= 0.6 is 0 Å². The van der Waals surface area contributed by atoms with Crippen LogP contribution in [-0.2, 0) is 0 Å². The maximum absolute atomic E-state index is 4.60. The van der Waals surface area contributed by atoms with E-state index in [1.165, 1.54) is 0 Å². The molecule has 1 aliphatic carbocycles. The summed E-state index contributed by atoms with van der Waals surface area (Å²) in [5.74, 6) is 0.667. The molecule has 0 aromatic carbocycles. The van der Waals surface area contributed by atoms with Gasteiger partial charge in [-0.3, -0.25) is 0 Å². The quantitative estimate of drug-likeness (QED) is 0.592. The second kappa shape index (κ2) is 6.03. The lowest BCUT2D eigenvalue weighted by molar-refractivity contribution is 0.325. The first-order valence-electron chi connectivity index (χ1n) is 8.79. The van der Waals surface area contributed by atoms with Gasteiger partial charge in [-0.2, -0.15) is 0 Å². The summed E-state index contributed by atoms with van der Waals surface area (Å²) in [5.41, 5.74) is 3.81. The fourth-order valence-electron chi connectivity index (χ4n) is 3.48. The predicted molar refractivity (Wildman–Crippen MR) is 101 cm³/mol. The lowest BCUT2D eigenvalue weighted by atomic mass is 9.87. The number of pyridine rings is 2. The summed E-state index contributed by atoms with van der Waals surface area (Å²) >= 11 is 0. The van der Waals surface area contributed by atoms with E-state index in [1.54, 1.807) is 6.20 Å². The molecule has 0 atom stereocenters. The van der Waals surface area contributed by atoms with Gasteiger partial charge >= 0.3 is 0 Å². The van der Waals surface area contributed by atoms with E-state index in [1.807, 2.05) is 48.4 Å². The van der Waals surface area contributed by atoms with Crippen LogP contribution in [0.3, 0.4) is 0 Å². The Kier molecular flexibility index (Phi) is 3.53. The Morgan fingerprint density at radius 3 is 2.88 bits per heavy atom. The van der Waals surface area contributed by atoms with Crippen molar-refractivity contribution in [1.82, 2.24) is 29.9 Å². The zero-order valence-corrected chi connectivity index (χ0v) is 14.4. The molecular weight excluding hydrogens is 326 g/mol. The molecule has 2 N–H and O–H groups in total. The summed E-state index contributed by atoms with van der Waals surface area (Å²) in [7, 11) is 2.00. The first kappa shape index (κ1) is 15.2. The highest BCUT2D eigenvalue weighted by atomic mass is 15.3. The zero-order chi connectivity index (χ0) is 17.5. The largest absolute Gasteiger partial charge is 0.350 e. The van der Waals surface area contributed by atoms with E-state index >= 15 is 0 Å². The molecule has 4 heterocycles. The van der Waals surface area contributed by atoms with Crippen LogP contribution in [0.25, 0.3) is 27.7 Å². The highest BCUT2D eigenvalue weighted by Crippen LogP contribution is 2.27. The predicted octanol–water partition coefficient (Wildman–Crippen LogP) is 2.50. The van der Waals surface area contributed by atoms with Gasteiger partial charge in [-0.05, 0) is 44.2 Å². The van der Waals surface area contributed by atoms with E-state index in [0.29, 0.717) is 18.0 Å². The molecule has 0 bridgehead atoms. The van der Waals surface area contributed by atoms with Crippen molar-refractivity contribution in [3.05, 3.63) is 49.1 Å². The summed E-state index contributed by atoms with van der Waals surface area (Å²) in [4.78, 5) is 13.2. The van der Waals surface area contributed by atoms with Gasteiger partial charge in [0, 0.05) is 47.2 Å². The molecule has 4 aromatic rings. The van der Waals surface area contributed by atoms with Gasteiger partial charge in [0.05, 0.1) is 11.7 Å². The molecule has 0 radical (unpaired) electrons. The Morgan fingerprint density at radius 2 is 2.00 bits per heavy atom. The molecule has 26 heavy (non-hydrogen) atoms. The fraction of sp³-hybridized carbons (Fsp3) is 0.263. The monoisotopic (exact) mass is 345 g/mol. The van der Waals surface area contributed by atoms with Gasteiger partial charge in [-0.15, -0.1) is 5.10 Å². The Balaban J connectivity index is 1.45. The van der Waals surface area contributed by atoms with Crippen LogP contribution in [0.15, 0.2) is 49.1 Å². The van der Waals surface area contributed by atoms with E-state index in [9.17, 15) is 0 Å². The SMILES string of the molecule is CN[C@H]1C[C@H](Nc2ncc3c(-c4cnc5ncccc5c4)ccn3n2)C1. The molecule has 4 aromatic heterocycles. The Bertz CT molecular complexity index is 1080. The number of fused-ring (bicyclic) bond motifs is 2. The van der Waals surface area contributed by atoms with Gasteiger partial charge in [-0.25, -0.2) is 19.5 Å². The average Bonchev–Trinajstić information content (AvgIpc) is 3.07. The van der Waals surface area contributed by atoms with E-state index in [-0.39, 0.29) is 0 Å². The molecule has 7 heteroatoms. The summed E-state index contributed by atoms with van der Waals surface area (Å²) in [6, 6.07) is 9.14. The molecule has 130 valence electrons. The maximum Gasteiger partial charge on any atom is 0.241 e. The van der Waals surface area contributed by atoms with E-state index in [0.717, 1.165) is 40.5 Å². The topological polar surface area (TPSA) is 80.0 Å². The normalized spacial score (nSPS) is 19.6. The molecule has 0 spiro atoms. The zero-order valence-electron chi connectivity index (χ0n) is 14.4. The molecule has 1 saturated carbocycles. The van der Waals surface area contributed by atoms with Crippen molar-refractivity contribution in [1.29, 1.82) is 0 Å². The number of hydrogen-bond acceptors (Lipinski definition) is 6. The summed E-state index contributed by atoms with van der Waals surface area (Å²) in [6.07, 6.45) is 9.64. The first-order chi connectivity index (χ1) is 12.8. The average molecular weight is 345 g/mol. The van der Waals surface area contributed by atoms with Crippen molar-refractivity contribution in [3.63, 3.8) is 0 Å². The fourth-order valence-corrected chi connectivity index (χ4v) is 3.48. The van der Waals surface area contributed by atoms with Crippen LogP contribution in [0.1, 0.15) is 12.8 Å². The van der Waals surface area contributed by atoms with Crippen LogP contribution in [0.2, 0.25) is 0 Å². The van der Waals surface area contributed by atoms with Crippen LogP contribution in [0, 0.1) is 0 Å². The number of aromatic nitrogens is 5. The standard InChI is InChI=1S/C19H19N7/c1-20-14-8-15(9-14)24-19-23-11-17-16(4-6-26(17)25-19)13-7-12-3-2-5-21-18(12)22-10-13/h2-7,10-11,14-15,20H,8-9H2,1H3,(H,24,25)/t14-,15-. The number of nitrogens with zero attached hydrogens (tertiary/aromatic N) is 5. The maximum atomic E-state index is 4.60. The van der Waals surface area contributed by atoms with Crippen LogP contribution < -0.4 is 10.6 Å². The molecule has 5 rings (SSSR count). The molecule has 0 unspecified atom stereocenters. The summed E-state index contributed by atoms with van der Waals surface area (Å²) in [5, 5.41) is 12.3. The van der Waals surface area contributed by atoms with E-state index < -0.39 is 0 Å². The van der Waals surface area contributed by atoms with Crippen molar-refractivity contribution < 1.29 is 0 Å². The minimum absolute atomic E-state index is 0.442. The van der Waals surface area contributed by atoms with Crippen LogP contribution in [0.4, 0.5) is 5.95 Å². The molecule has 1 fully saturated rings. The molecule has 0 saturated heterocycles. The van der Waals surface area contributed by atoms with E-state index in [2.05, 4.69) is 36.8 Å². The second-order valence-electron chi connectivity index (χ2n) is 6.71. The lowest BCUT2D eigenvalue weighted by Crippen LogP contribution is -2.46. The Hall–Kier alpha value is -3.06. The van der Waals surface area contributed by atoms with Crippen molar-refractivity contribution in [2.75, 3.05) is 12.4 Å². The highest BCUT2D eigenvalue weighted by molar-refractivity contribution is 5.86. The number of anilines is 1. The molecule has 7 nitrogen and oxygen atoms in total. The summed E-state index contributed by atoms with van der Waals surface area (Å²) < 4.78 is 1.87. The molecule has 1 aliphatic rings. The summed E-state index contributed by atoms with van der Waals surface area (Å²) in [6.45, 7) is 0. The van der Waals surface area contributed by atoms with Crippen LogP contribution in [0.5, 0.6) is 0 Å². The van der Waals surface area contributed by atoms with Gasteiger partial charge in [0.15, 0.2) is 5.65 Å². The second-order valence-corrected chi connectivity index (χ2v) is 6.71. The van der Waals surface area contributed by atoms with E-state index in [4.69, 9.17) is 0 Å². The van der Waals surface area contributed by atoms with Gasteiger partial charge in [0.25, 0.3) is 0 Å². The Labute approximate surface area is 150 Å². The van der Waals surface area contributed by atoms with Crippen molar-refractivity contribution in [2.45, 2.75) is 24.9 Å². The highest BCUT2D eigenvalue weighted by Gasteiger charge is 2.28. The van der Waals surface area contributed by atoms with Gasteiger partial charge in [0.1, 0.15) is 0 Å². The Morgan fingerprint density at radius 1 is 1.08 bits per heavy atom. The molecule has 0 aliphatic heterocycles. The van der Waals surface area contributed by atoms with Crippen molar-refractivity contribution in [2.24, 2.45) is 0 Å². The third-order valence-electron chi connectivity index (χ3n) is 5.06. The number of hydrogen-bond donors (Lipinski definition) is 2. The lowest BCUT2D eigenvalue weighted by Gasteiger charge is -2.35. The van der Waals surface area contributed by atoms with Gasteiger partial charge in [-0.1, -0.05) is 0 Å². The number of rotatable bonds is 4. The number of nitrogens with one attached hydrogen (secondary N) is 2. The van der Waals surface area contributed by atoms with Crippen LogP contribution in [-0.4, -0.2) is 43.7 Å². The molecule has 0 amide bonds. The third kappa shape index (κ3) is 2.57. The van der Waals surface area contributed by atoms with Gasteiger partial charge < -0.3 is 10.6 Å². The van der Waals surface area contributed by atoms with Crippen molar-refractivity contribution in [3.8, 4) is 11.1 Å². The van der Waals surface area contributed by atoms with Crippen molar-refractivity contribution >= 4 is 22.5 Å². The first-order valence-corrected chi connectivity index (χ1v) is 8.79. The third-order valence-corrected chi connectivity index (χ3v) is 5.06. The molecular formula is C19H19N7. The van der Waals surface area contributed by atoms with Gasteiger partial charge in [0.2, 0.25) is 5.95 Å². The smallest absolute Gasteiger partial charge is 0.241 e. The minimum atomic E-state index is 0.442. The minimum Gasteiger partial charge on any atom is -0.350 e.